The highest BCUT2D eigenvalue weighted by atomic mass is 35.5. The number of imide groups is 1. The number of thiophene rings is 2. The number of anilines is 1. The lowest BCUT2D eigenvalue weighted by Gasteiger charge is -2.18. The minimum Gasteiger partial charge on any atom is -0.267 e. The number of fused-ring (bicyclic) bond motifs is 2. The van der Waals surface area contributed by atoms with E-state index < -0.39 is 0 Å². The maximum absolute atomic E-state index is 13.4. The predicted molar refractivity (Wildman–Crippen MR) is 113 cm³/mol. The van der Waals surface area contributed by atoms with Crippen LogP contribution in [0.25, 0.3) is 0 Å². The molecule has 0 radical (unpaired) electrons. The summed E-state index contributed by atoms with van der Waals surface area (Å²) in [4.78, 5) is 35.9. The van der Waals surface area contributed by atoms with Gasteiger partial charge in [-0.1, -0.05) is 11.6 Å². The van der Waals surface area contributed by atoms with Crippen molar-refractivity contribution in [2.45, 2.75) is 38.5 Å². The standard InChI is InChI=1S/C21H17ClN2O2S2/c22-14-7-8-19(23-11-14)24(20(25)17-9-12-3-1-5-15(12)27-17)21(26)18-10-13-4-2-6-16(13)28-18/h7-11H,1-6H2. The van der Waals surface area contributed by atoms with Crippen molar-refractivity contribution in [2.75, 3.05) is 4.90 Å². The number of pyridine rings is 1. The lowest BCUT2D eigenvalue weighted by Crippen LogP contribution is -2.37. The number of rotatable bonds is 3. The van der Waals surface area contributed by atoms with Gasteiger partial charge in [0.2, 0.25) is 0 Å². The molecule has 2 aliphatic carbocycles. The molecule has 0 saturated heterocycles. The van der Waals surface area contributed by atoms with Crippen LogP contribution in [0.4, 0.5) is 5.82 Å². The molecule has 0 spiro atoms. The number of aryl methyl sites for hydroxylation is 4. The molecule has 2 aliphatic rings. The topological polar surface area (TPSA) is 50.3 Å². The van der Waals surface area contributed by atoms with E-state index in [4.69, 9.17) is 11.6 Å². The average Bonchev–Trinajstić information content (AvgIpc) is 3.42. The maximum Gasteiger partial charge on any atom is 0.276 e. The highest BCUT2D eigenvalue weighted by Crippen LogP contribution is 2.34. The summed E-state index contributed by atoms with van der Waals surface area (Å²) in [5.41, 5.74) is 2.47. The molecule has 0 fully saturated rings. The summed E-state index contributed by atoms with van der Waals surface area (Å²) < 4.78 is 0. The Morgan fingerprint density at radius 3 is 1.93 bits per heavy atom. The van der Waals surface area contributed by atoms with Crippen LogP contribution in [0.1, 0.15) is 53.1 Å². The lowest BCUT2D eigenvalue weighted by atomic mass is 10.2. The monoisotopic (exact) mass is 428 g/mol. The molecule has 3 heterocycles. The molecule has 0 N–H and O–H groups in total. The van der Waals surface area contributed by atoms with Crippen molar-refractivity contribution in [3.8, 4) is 0 Å². The van der Waals surface area contributed by atoms with Gasteiger partial charge in [-0.25, -0.2) is 9.88 Å². The van der Waals surface area contributed by atoms with Crippen LogP contribution in [-0.4, -0.2) is 16.8 Å². The highest BCUT2D eigenvalue weighted by molar-refractivity contribution is 7.15. The fraction of sp³-hybridized carbons (Fsp3) is 0.286. The van der Waals surface area contributed by atoms with Gasteiger partial charge in [0.1, 0.15) is 5.82 Å². The number of hydrogen-bond donors (Lipinski definition) is 0. The quantitative estimate of drug-likeness (QED) is 0.530. The van der Waals surface area contributed by atoms with E-state index >= 15 is 0 Å². The first-order chi connectivity index (χ1) is 13.6. The second-order valence-corrected chi connectivity index (χ2v) is 9.82. The summed E-state index contributed by atoms with van der Waals surface area (Å²) in [6.45, 7) is 0. The van der Waals surface area contributed by atoms with Crippen LogP contribution in [0.3, 0.4) is 0 Å². The molecule has 0 aliphatic heterocycles. The second kappa shape index (κ2) is 7.10. The third kappa shape index (κ3) is 3.09. The summed E-state index contributed by atoms with van der Waals surface area (Å²) in [5.74, 6) is -0.318. The summed E-state index contributed by atoms with van der Waals surface area (Å²) in [7, 11) is 0. The van der Waals surface area contributed by atoms with Gasteiger partial charge in [-0.15, -0.1) is 22.7 Å². The molecule has 7 heteroatoms. The van der Waals surface area contributed by atoms with Gasteiger partial charge >= 0.3 is 0 Å². The number of nitrogens with zero attached hydrogens (tertiary/aromatic N) is 2. The third-order valence-corrected chi connectivity index (χ3v) is 7.94. The van der Waals surface area contributed by atoms with E-state index in [2.05, 4.69) is 4.98 Å². The van der Waals surface area contributed by atoms with Crippen LogP contribution >= 0.6 is 34.3 Å². The van der Waals surface area contributed by atoms with Crippen LogP contribution in [0, 0.1) is 0 Å². The molecule has 4 nitrogen and oxygen atoms in total. The molecule has 0 aromatic carbocycles. The van der Waals surface area contributed by atoms with Crippen LogP contribution in [-0.2, 0) is 25.7 Å². The maximum atomic E-state index is 13.4. The Labute approximate surface area is 175 Å². The molecule has 5 rings (SSSR count). The van der Waals surface area contributed by atoms with Gasteiger partial charge < -0.3 is 0 Å². The largest absolute Gasteiger partial charge is 0.276 e. The zero-order valence-electron chi connectivity index (χ0n) is 15.0. The summed E-state index contributed by atoms with van der Waals surface area (Å²) in [6, 6.07) is 7.17. The molecular formula is C21H17ClN2O2S2. The average molecular weight is 429 g/mol. The zero-order chi connectivity index (χ0) is 19.3. The highest BCUT2D eigenvalue weighted by Gasteiger charge is 2.31. The zero-order valence-corrected chi connectivity index (χ0v) is 17.4. The van der Waals surface area contributed by atoms with E-state index in [0.717, 1.165) is 38.5 Å². The summed E-state index contributed by atoms with van der Waals surface area (Å²) in [5, 5.41) is 0.466. The lowest BCUT2D eigenvalue weighted by molar-refractivity contribution is 0.0901. The van der Waals surface area contributed by atoms with Gasteiger partial charge in [-0.3, -0.25) is 9.59 Å². The first-order valence-corrected chi connectivity index (χ1v) is 11.3. The third-order valence-electron chi connectivity index (χ3n) is 5.26. The molecule has 3 aromatic heterocycles. The smallest absolute Gasteiger partial charge is 0.267 e. The Balaban J connectivity index is 1.54. The first-order valence-electron chi connectivity index (χ1n) is 9.33. The fourth-order valence-corrected chi connectivity index (χ4v) is 6.37. The number of amides is 2. The van der Waals surface area contributed by atoms with E-state index in [9.17, 15) is 9.59 Å². The molecular weight excluding hydrogens is 412 g/mol. The Morgan fingerprint density at radius 1 is 0.893 bits per heavy atom. The molecule has 28 heavy (non-hydrogen) atoms. The Morgan fingerprint density at radius 2 is 1.46 bits per heavy atom. The summed E-state index contributed by atoms with van der Waals surface area (Å²) >= 11 is 8.96. The van der Waals surface area contributed by atoms with Crippen molar-refractivity contribution in [3.05, 3.63) is 66.1 Å². The van der Waals surface area contributed by atoms with Crippen molar-refractivity contribution < 1.29 is 9.59 Å². The number of carbonyl (C=O) groups excluding carboxylic acids is 2. The number of carbonyl (C=O) groups is 2. The minimum absolute atomic E-state index is 0.307. The van der Waals surface area contributed by atoms with Crippen LogP contribution < -0.4 is 4.90 Å². The van der Waals surface area contributed by atoms with Gasteiger partial charge in [0, 0.05) is 16.0 Å². The molecule has 0 atom stereocenters. The SMILES string of the molecule is O=C(c1cc2c(s1)CCC2)N(C(=O)c1cc2c(s1)CCC2)c1ccc(Cl)cn1. The summed E-state index contributed by atoms with van der Waals surface area (Å²) in [6.07, 6.45) is 7.77. The van der Waals surface area contributed by atoms with E-state index in [-0.39, 0.29) is 11.8 Å². The number of hydrogen-bond acceptors (Lipinski definition) is 5. The van der Waals surface area contributed by atoms with E-state index in [0.29, 0.717) is 20.6 Å². The molecule has 0 saturated carbocycles. The number of aromatic nitrogens is 1. The van der Waals surface area contributed by atoms with Crippen LogP contribution in [0.15, 0.2) is 30.5 Å². The van der Waals surface area contributed by atoms with E-state index in [1.807, 2.05) is 12.1 Å². The van der Waals surface area contributed by atoms with Gasteiger partial charge in [0.15, 0.2) is 0 Å². The van der Waals surface area contributed by atoms with Gasteiger partial charge in [-0.05, 0) is 73.9 Å². The Bertz CT molecular complexity index is 977. The normalized spacial score (nSPS) is 14.8. The predicted octanol–water partition coefficient (Wildman–Crippen LogP) is 5.32. The van der Waals surface area contributed by atoms with Gasteiger partial charge in [-0.2, -0.15) is 0 Å². The van der Waals surface area contributed by atoms with Crippen molar-refractivity contribution in [1.29, 1.82) is 0 Å². The molecule has 142 valence electrons. The van der Waals surface area contributed by atoms with Crippen molar-refractivity contribution >= 4 is 51.9 Å². The second-order valence-electron chi connectivity index (χ2n) is 7.11. The Hall–Kier alpha value is -2.02. The minimum atomic E-state index is -0.312. The van der Waals surface area contributed by atoms with Crippen LogP contribution in [0.5, 0.6) is 0 Å². The molecule has 2 amide bonds. The van der Waals surface area contributed by atoms with Crippen LogP contribution in [0.2, 0.25) is 5.02 Å². The molecule has 0 bridgehead atoms. The van der Waals surface area contributed by atoms with E-state index in [1.165, 1.54) is 54.7 Å². The van der Waals surface area contributed by atoms with Gasteiger partial charge in [0.05, 0.1) is 14.8 Å². The van der Waals surface area contributed by atoms with E-state index in [1.54, 1.807) is 12.1 Å². The van der Waals surface area contributed by atoms with Crippen molar-refractivity contribution in [2.24, 2.45) is 0 Å². The van der Waals surface area contributed by atoms with Crippen molar-refractivity contribution in [3.63, 3.8) is 0 Å². The van der Waals surface area contributed by atoms with Crippen molar-refractivity contribution in [1.82, 2.24) is 4.98 Å². The molecule has 3 aromatic rings. The fourth-order valence-electron chi connectivity index (χ4n) is 3.89. The Kier molecular flexibility index (Phi) is 4.57. The first kappa shape index (κ1) is 18.0. The molecule has 0 unspecified atom stereocenters. The number of halogens is 1. The van der Waals surface area contributed by atoms with Gasteiger partial charge in [0.25, 0.3) is 11.8 Å².